The van der Waals surface area contributed by atoms with Crippen LogP contribution in [0, 0.1) is 17.5 Å². The fraction of sp³-hybridized carbons (Fsp3) is 0.308. The van der Waals surface area contributed by atoms with E-state index >= 15 is 0 Å². The molecular weight excluding hydrogens is 305 g/mol. The van der Waals surface area contributed by atoms with Gasteiger partial charge in [-0.05, 0) is 36.6 Å². The summed E-state index contributed by atoms with van der Waals surface area (Å²) < 4.78 is 40.1. The van der Waals surface area contributed by atoms with Gasteiger partial charge in [0.1, 0.15) is 0 Å². The van der Waals surface area contributed by atoms with Crippen LogP contribution < -0.4 is 4.90 Å². The fourth-order valence-electron chi connectivity index (χ4n) is 2.22. The molecule has 21 heavy (non-hydrogen) atoms. The van der Waals surface area contributed by atoms with Crippen molar-refractivity contribution in [2.75, 3.05) is 18.0 Å². The molecule has 0 unspecified atom stereocenters. The van der Waals surface area contributed by atoms with Crippen LogP contribution in [0.2, 0.25) is 5.28 Å². The molecule has 2 aromatic rings. The van der Waals surface area contributed by atoms with Crippen molar-refractivity contribution in [2.45, 2.75) is 12.8 Å². The number of halogens is 4. The molecule has 1 aromatic heterocycles. The topological polar surface area (TPSA) is 41.9 Å². The molecule has 0 N–H and O–H groups in total. The minimum Gasteiger partial charge on any atom is -0.341 e. The lowest BCUT2D eigenvalue weighted by atomic mass is 10.2. The standard InChI is InChI=1S/C13H10ClF3N4/c14-12-18-11(7-3-4-8(15)10(17)9(7)16)19-13(20-12)21-5-1-2-6-21/h3-4H,1-2,5-6H2. The molecule has 3 rings (SSSR count). The summed E-state index contributed by atoms with van der Waals surface area (Å²) in [5.74, 6) is -3.98. The van der Waals surface area contributed by atoms with Crippen molar-refractivity contribution >= 4 is 17.5 Å². The lowest BCUT2D eigenvalue weighted by Crippen LogP contribution is -2.21. The van der Waals surface area contributed by atoms with Crippen molar-refractivity contribution in [1.82, 2.24) is 15.0 Å². The minimum atomic E-state index is -1.56. The number of hydrogen-bond donors (Lipinski definition) is 0. The smallest absolute Gasteiger partial charge is 0.230 e. The Balaban J connectivity index is 2.08. The molecule has 2 heterocycles. The highest BCUT2D eigenvalue weighted by atomic mass is 35.5. The van der Waals surface area contributed by atoms with Gasteiger partial charge in [-0.15, -0.1) is 0 Å². The van der Waals surface area contributed by atoms with Gasteiger partial charge in [-0.25, -0.2) is 13.2 Å². The first-order valence-corrected chi connectivity index (χ1v) is 6.74. The summed E-state index contributed by atoms with van der Waals surface area (Å²) >= 11 is 5.82. The van der Waals surface area contributed by atoms with Crippen LogP contribution in [0.5, 0.6) is 0 Å². The van der Waals surface area contributed by atoms with Crippen LogP contribution in [0.15, 0.2) is 12.1 Å². The molecule has 0 saturated carbocycles. The Kier molecular flexibility index (Phi) is 3.67. The van der Waals surface area contributed by atoms with Crippen LogP contribution in [0.4, 0.5) is 19.1 Å². The Labute approximate surface area is 123 Å². The van der Waals surface area contributed by atoms with Gasteiger partial charge in [0.15, 0.2) is 23.3 Å². The second-order valence-electron chi connectivity index (χ2n) is 4.65. The van der Waals surface area contributed by atoms with Crippen molar-refractivity contribution < 1.29 is 13.2 Å². The van der Waals surface area contributed by atoms with E-state index in [2.05, 4.69) is 15.0 Å². The maximum atomic E-state index is 13.8. The van der Waals surface area contributed by atoms with Crippen LogP contribution in [-0.2, 0) is 0 Å². The number of benzene rings is 1. The van der Waals surface area contributed by atoms with Crippen molar-refractivity contribution in [3.8, 4) is 11.4 Å². The number of aromatic nitrogens is 3. The van der Waals surface area contributed by atoms with Gasteiger partial charge in [-0.1, -0.05) is 0 Å². The molecule has 1 aliphatic rings. The van der Waals surface area contributed by atoms with Gasteiger partial charge in [0.05, 0.1) is 5.56 Å². The van der Waals surface area contributed by atoms with E-state index in [0.717, 1.165) is 38.1 Å². The Hall–Kier alpha value is -1.89. The predicted molar refractivity (Wildman–Crippen MR) is 71.6 cm³/mol. The van der Waals surface area contributed by atoms with E-state index in [9.17, 15) is 13.2 Å². The van der Waals surface area contributed by atoms with Crippen LogP contribution in [0.1, 0.15) is 12.8 Å². The van der Waals surface area contributed by atoms with Crippen LogP contribution >= 0.6 is 11.6 Å². The lowest BCUT2D eigenvalue weighted by Gasteiger charge is -2.15. The summed E-state index contributed by atoms with van der Waals surface area (Å²) in [4.78, 5) is 13.8. The maximum absolute atomic E-state index is 13.8. The van der Waals surface area contributed by atoms with E-state index in [4.69, 9.17) is 11.6 Å². The van der Waals surface area contributed by atoms with E-state index in [0.29, 0.717) is 5.95 Å². The highest BCUT2D eigenvalue weighted by molar-refractivity contribution is 6.28. The number of anilines is 1. The fourth-order valence-corrected chi connectivity index (χ4v) is 2.37. The molecule has 0 radical (unpaired) electrons. The lowest BCUT2D eigenvalue weighted by molar-refractivity contribution is 0.448. The number of hydrogen-bond acceptors (Lipinski definition) is 4. The summed E-state index contributed by atoms with van der Waals surface area (Å²) in [6.45, 7) is 1.53. The molecule has 1 saturated heterocycles. The molecule has 1 aliphatic heterocycles. The SMILES string of the molecule is Fc1ccc(-c2nc(Cl)nc(N3CCCC3)n2)c(F)c1F. The predicted octanol–water partition coefficient (Wildman–Crippen LogP) is 3.21. The van der Waals surface area contributed by atoms with Crippen molar-refractivity contribution in [3.63, 3.8) is 0 Å². The zero-order chi connectivity index (χ0) is 15.0. The zero-order valence-corrected chi connectivity index (χ0v) is 11.5. The Morgan fingerprint density at radius 3 is 2.38 bits per heavy atom. The third kappa shape index (κ3) is 2.65. The highest BCUT2D eigenvalue weighted by Crippen LogP contribution is 2.26. The van der Waals surface area contributed by atoms with Gasteiger partial charge in [0.25, 0.3) is 0 Å². The molecule has 1 fully saturated rings. The quantitative estimate of drug-likeness (QED) is 0.798. The molecular formula is C13H10ClF3N4. The van der Waals surface area contributed by atoms with Crippen LogP contribution in [0.3, 0.4) is 0 Å². The average molecular weight is 315 g/mol. The first kappa shape index (κ1) is 14.1. The van der Waals surface area contributed by atoms with Crippen LogP contribution in [-0.4, -0.2) is 28.0 Å². The summed E-state index contributed by atoms with van der Waals surface area (Å²) in [6.07, 6.45) is 2.00. The molecule has 110 valence electrons. The molecule has 0 bridgehead atoms. The second-order valence-corrected chi connectivity index (χ2v) is 4.98. The third-order valence-electron chi connectivity index (χ3n) is 3.26. The summed E-state index contributed by atoms with van der Waals surface area (Å²) in [5.41, 5.74) is -0.251. The molecule has 0 atom stereocenters. The van der Waals surface area contributed by atoms with E-state index in [1.807, 2.05) is 4.90 Å². The summed E-state index contributed by atoms with van der Waals surface area (Å²) in [6, 6.07) is 1.90. The molecule has 8 heteroatoms. The van der Waals surface area contributed by atoms with E-state index < -0.39 is 17.5 Å². The van der Waals surface area contributed by atoms with Gasteiger partial charge in [-0.3, -0.25) is 0 Å². The highest BCUT2D eigenvalue weighted by Gasteiger charge is 2.21. The molecule has 0 amide bonds. The molecule has 0 spiro atoms. The van der Waals surface area contributed by atoms with Crippen molar-refractivity contribution in [2.24, 2.45) is 0 Å². The Morgan fingerprint density at radius 1 is 0.952 bits per heavy atom. The van der Waals surface area contributed by atoms with E-state index in [1.54, 1.807) is 0 Å². The third-order valence-corrected chi connectivity index (χ3v) is 3.43. The summed E-state index contributed by atoms with van der Waals surface area (Å²) in [7, 11) is 0. The van der Waals surface area contributed by atoms with Gasteiger partial charge in [0.2, 0.25) is 11.2 Å². The molecule has 0 aliphatic carbocycles. The van der Waals surface area contributed by atoms with Crippen molar-refractivity contribution in [3.05, 3.63) is 34.9 Å². The average Bonchev–Trinajstić information content (AvgIpc) is 2.98. The number of nitrogens with zero attached hydrogens (tertiary/aromatic N) is 4. The molecule has 1 aromatic carbocycles. The Morgan fingerprint density at radius 2 is 1.67 bits per heavy atom. The normalized spacial score (nSPS) is 14.8. The van der Waals surface area contributed by atoms with Gasteiger partial charge >= 0.3 is 0 Å². The first-order chi connectivity index (χ1) is 10.1. The van der Waals surface area contributed by atoms with Crippen LogP contribution in [0.25, 0.3) is 11.4 Å². The largest absolute Gasteiger partial charge is 0.341 e. The second kappa shape index (κ2) is 5.48. The number of rotatable bonds is 2. The minimum absolute atomic E-state index is 0.117. The van der Waals surface area contributed by atoms with Crippen molar-refractivity contribution in [1.29, 1.82) is 0 Å². The maximum Gasteiger partial charge on any atom is 0.230 e. The zero-order valence-electron chi connectivity index (χ0n) is 10.8. The van der Waals surface area contributed by atoms with Gasteiger partial charge in [0, 0.05) is 13.1 Å². The molecule has 4 nitrogen and oxygen atoms in total. The monoisotopic (exact) mass is 314 g/mol. The summed E-state index contributed by atoms with van der Waals surface area (Å²) in [5, 5.41) is -0.119. The first-order valence-electron chi connectivity index (χ1n) is 6.36. The van der Waals surface area contributed by atoms with E-state index in [1.165, 1.54) is 0 Å². The van der Waals surface area contributed by atoms with Gasteiger partial charge in [-0.2, -0.15) is 15.0 Å². The Bertz CT molecular complexity index is 689. The van der Waals surface area contributed by atoms with E-state index in [-0.39, 0.29) is 16.7 Å². The van der Waals surface area contributed by atoms with Gasteiger partial charge < -0.3 is 4.90 Å².